The number of nitrogens with one attached hydrogen (secondary N) is 1. The van der Waals surface area contributed by atoms with Crippen LogP contribution in [-0.4, -0.2) is 23.0 Å². The van der Waals surface area contributed by atoms with Crippen molar-refractivity contribution in [1.29, 1.82) is 0 Å². The quantitative estimate of drug-likeness (QED) is 0.889. The van der Waals surface area contributed by atoms with Gasteiger partial charge in [-0.2, -0.15) is 0 Å². The van der Waals surface area contributed by atoms with Gasteiger partial charge in [-0.3, -0.25) is 4.79 Å². The maximum absolute atomic E-state index is 12.4. The Kier molecular flexibility index (Phi) is 4.93. The van der Waals surface area contributed by atoms with Gasteiger partial charge in [0.2, 0.25) is 0 Å². The van der Waals surface area contributed by atoms with Gasteiger partial charge in [0.05, 0.1) is 0 Å². The number of carbonyl (C=O) groups is 2. The monoisotopic (exact) mass is 277 g/mol. The van der Waals surface area contributed by atoms with E-state index in [9.17, 15) is 9.59 Å². The summed E-state index contributed by atoms with van der Waals surface area (Å²) < 4.78 is 0. The summed E-state index contributed by atoms with van der Waals surface area (Å²) in [5.74, 6) is -1.52. The van der Waals surface area contributed by atoms with E-state index in [2.05, 4.69) is 5.32 Å². The molecule has 0 spiro atoms. The van der Waals surface area contributed by atoms with Crippen LogP contribution in [0.4, 0.5) is 0 Å². The van der Waals surface area contributed by atoms with Gasteiger partial charge in [-0.15, -0.1) is 0 Å². The Morgan fingerprint density at radius 3 is 2.15 bits per heavy atom. The Morgan fingerprint density at radius 2 is 1.70 bits per heavy atom. The minimum atomic E-state index is -1.01. The van der Waals surface area contributed by atoms with Crippen LogP contribution in [0.5, 0.6) is 0 Å². The number of carboxylic acid groups (broad SMARTS) is 1. The van der Waals surface area contributed by atoms with Crippen LogP contribution >= 0.6 is 0 Å². The van der Waals surface area contributed by atoms with Crippen molar-refractivity contribution in [2.24, 2.45) is 5.92 Å². The van der Waals surface area contributed by atoms with Crippen molar-refractivity contribution >= 4 is 11.9 Å². The maximum Gasteiger partial charge on any atom is 0.326 e. The van der Waals surface area contributed by atoms with Gasteiger partial charge in [0.15, 0.2) is 0 Å². The lowest BCUT2D eigenvalue weighted by Crippen LogP contribution is -2.44. The molecule has 110 valence electrons. The predicted molar refractivity (Wildman–Crippen MR) is 78.9 cm³/mol. The van der Waals surface area contributed by atoms with E-state index < -0.39 is 12.0 Å². The highest BCUT2D eigenvalue weighted by atomic mass is 16.4. The van der Waals surface area contributed by atoms with E-state index in [-0.39, 0.29) is 17.2 Å². The minimum absolute atomic E-state index is 0.168. The van der Waals surface area contributed by atoms with Crippen LogP contribution in [0.2, 0.25) is 0 Å². The van der Waals surface area contributed by atoms with Crippen LogP contribution in [0, 0.1) is 5.92 Å². The number of carboxylic acids is 1. The highest BCUT2D eigenvalue weighted by Gasteiger charge is 2.27. The molecule has 2 N–H and O–H groups in total. The van der Waals surface area contributed by atoms with E-state index in [4.69, 9.17) is 5.11 Å². The molecular formula is C16H23NO3. The van der Waals surface area contributed by atoms with E-state index in [1.54, 1.807) is 26.0 Å². The lowest BCUT2D eigenvalue weighted by atomic mass is 9.83. The fourth-order valence-corrected chi connectivity index (χ4v) is 2.07. The number of benzene rings is 1. The third kappa shape index (κ3) is 3.83. The molecule has 1 atom stereocenters. The summed E-state index contributed by atoms with van der Waals surface area (Å²) in [5, 5.41) is 11.8. The van der Waals surface area contributed by atoms with Gasteiger partial charge in [0, 0.05) is 5.56 Å². The Hall–Kier alpha value is -1.84. The molecule has 0 saturated carbocycles. The van der Waals surface area contributed by atoms with Crippen LogP contribution in [0.15, 0.2) is 24.3 Å². The molecule has 1 aromatic rings. The zero-order valence-corrected chi connectivity index (χ0v) is 12.7. The van der Waals surface area contributed by atoms with Crippen LogP contribution in [0.3, 0.4) is 0 Å². The number of carbonyl (C=O) groups excluding carboxylic acids is 1. The molecule has 0 aliphatic heterocycles. The molecule has 1 amide bonds. The largest absolute Gasteiger partial charge is 0.480 e. The summed E-state index contributed by atoms with van der Waals surface area (Å²) in [6.45, 7) is 9.62. The molecule has 1 unspecified atom stereocenters. The Bertz CT molecular complexity index is 501. The number of hydrogen-bond donors (Lipinski definition) is 2. The highest BCUT2D eigenvalue weighted by molar-refractivity contribution is 5.98. The second-order valence-corrected chi connectivity index (χ2v) is 6.33. The van der Waals surface area contributed by atoms with E-state index in [1.165, 1.54) is 0 Å². The summed E-state index contributed by atoms with van der Waals surface area (Å²) in [5.41, 5.74) is 1.27. The van der Waals surface area contributed by atoms with Gasteiger partial charge in [-0.1, -0.05) is 52.8 Å². The second kappa shape index (κ2) is 6.07. The van der Waals surface area contributed by atoms with Gasteiger partial charge in [0.25, 0.3) is 5.91 Å². The molecule has 0 radical (unpaired) electrons. The van der Waals surface area contributed by atoms with E-state index in [1.807, 2.05) is 32.9 Å². The fourth-order valence-electron chi connectivity index (χ4n) is 2.07. The van der Waals surface area contributed by atoms with E-state index in [0.717, 1.165) is 5.56 Å². The lowest BCUT2D eigenvalue weighted by Gasteiger charge is -2.24. The number of amides is 1. The summed E-state index contributed by atoms with van der Waals surface area (Å²) in [6, 6.07) is 6.43. The molecule has 1 aromatic carbocycles. The normalized spacial score (nSPS) is 13.1. The van der Waals surface area contributed by atoms with Crippen LogP contribution in [0.25, 0.3) is 0 Å². The Balaban J connectivity index is 3.07. The van der Waals surface area contributed by atoms with Gasteiger partial charge in [0.1, 0.15) is 6.04 Å². The molecule has 0 bridgehead atoms. The summed E-state index contributed by atoms with van der Waals surface area (Å²) >= 11 is 0. The number of hydrogen-bond acceptors (Lipinski definition) is 2. The molecule has 20 heavy (non-hydrogen) atoms. The average molecular weight is 277 g/mol. The zero-order chi connectivity index (χ0) is 15.5. The Morgan fingerprint density at radius 1 is 1.15 bits per heavy atom. The second-order valence-electron chi connectivity index (χ2n) is 6.33. The molecule has 0 heterocycles. The van der Waals surface area contributed by atoms with Crippen molar-refractivity contribution in [1.82, 2.24) is 5.32 Å². The van der Waals surface area contributed by atoms with Gasteiger partial charge >= 0.3 is 5.97 Å². The molecule has 4 heteroatoms. The van der Waals surface area contributed by atoms with Crippen LogP contribution < -0.4 is 5.32 Å². The first-order chi connectivity index (χ1) is 9.14. The van der Waals surface area contributed by atoms with E-state index in [0.29, 0.717) is 5.56 Å². The highest BCUT2D eigenvalue weighted by Crippen LogP contribution is 2.25. The summed E-state index contributed by atoms with van der Waals surface area (Å²) in [7, 11) is 0. The van der Waals surface area contributed by atoms with Crippen molar-refractivity contribution in [3.8, 4) is 0 Å². The number of rotatable bonds is 4. The van der Waals surface area contributed by atoms with Crippen LogP contribution in [0.1, 0.15) is 50.5 Å². The lowest BCUT2D eigenvalue weighted by molar-refractivity contribution is -0.140. The summed E-state index contributed by atoms with van der Waals surface area (Å²) in [6.07, 6.45) is 0. The van der Waals surface area contributed by atoms with Gasteiger partial charge in [-0.05, 0) is 23.0 Å². The molecule has 0 aliphatic carbocycles. The molecule has 1 rings (SSSR count). The molecule has 4 nitrogen and oxygen atoms in total. The van der Waals surface area contributed by atoms with Gasteiger partial charge in [-0.25, -0.2) is 4.79 Å². The molecule has 0 aliphatic rings. The van der Waals surface area contributed by atoms with Gasteiger partial charge < -0.3 is 10.4 Å². The predicted octanol–water partition coefficient (Wildman–Crippen LogP) is 2.82. The van der Waals surface area contributed by atoms with E-state index >= 15 is 0 Å². The first kappa shape index (κ1) is 16.2. The van der Waals surface area contributed by atoms with Crippen molar-refractivity contribution in [2.45, 2.75) is 46.1 Å². The van der Waals surface area contributed by atoms with Crippen molar-refractivity contribution < 1.29 is 14.7 Å². The smallest absolute Gasteiger partial charge is 0.326 e. The van der Waals surface area contributed by atoms with Crippen molar-refractivity contribution in [3.63, 3.8) is 0 Å². The minimum Gasteiger partial charge on any atom is -0.480 e. The first-order valence-corrected chi connectivity index (χ1v) is 6.77. The van der Waals surface area contributed by atoms with Crippen molar-refractivity contribution in [3.05, 3.63) is 35.4 Å². The third-order valence-corrected chi connectivity index (χ3v) is 3.20. The first-order valence-electron chi connectivity index (χ1n) is 6.77. The molecular weight excluding hydrogens is 254 g/mol. The molecule has 0 saturated heterocycles. The molecule has 0 fully saturated rings. The summed E-state index contributed by atoms with van der Waals surface area (Å²) in [4.78, 5) is 23.5. The van der Waals surface area contributed by atoms with Crippen LogP contribution in [-0.2, 0) is 10.2 Å². The SMILES string of the molecule is CC(C)C(NC(=O)c1ccccc1C(C)(C)C)C(=O)O. The Labute approximate surface area is 120 Å². The fraction of sp³-hybridized carbons (Fsp3) is 0.500. The topological polar surface area (TPSA) is 66.4 Å². The zero-order valence-electron chi connectivity index (χ0n) is 12.7. The third-order valence-electron chi connectivity index (χ3n) is 3.20. The standard InChI is InChI=1S/C16H23NO3/c1-10(2)13(15(19)20)17-14(18)11-8-6-7-9-12(11)16(3,4)5/h6-10,13H,1-5H3,(H,17,18)(H,19,20). The van der Waals surface area contributed by atoms with Crippen molar-refractivity contribution in [2.75, 3.05) is 0 Å². The molecule has 0 aromatic heterocycles. The maximum atomic E-state index is 12.4. The average Bonchev–Trinajstić information content (AvgIpc) is 2.33. The number of aliphatic carboxylic acids is 1.